The number of aryl methyl sites for hydroxylation is 2. The number of pyridine rings is 1. The first-order chi connectivity index (χ1) is 15.3. The minimum absolute atomic E-state index is 0.0344. The Labute approximate surface area is 186 Å². The predicted molar refractivity (Wildman–Crippen MR) is 118 cm³/mol. The van der Waals surface area contributed by atoms with Crippen molar-refractivity contribution in [2.24, 2.45) is 5.92 Å². The molecule has 1 fully saturated rings. The van der Waals surface area contributed by atoms with Crippen molar-refractivity contribution in [2.45, 2.75) is 31.6 Å². The maximum Gasteiger partial charge on any atom is 0.248 e. The standard InChI is InChI=1S/C22H24N4O5S/c1-15-7-10-23-20(14-15)24-22(27)17-8-11-26(12-9-17)32(28,29)21-16(2)25-31-19(21)6-5-18-4-3-13-30-18/h3-7,10,13-14,17H,8-9,11-12H2,1-2H3,(H,23,24,27)/b6-5+. The summed E-state index contributed by atoms with van der Waals surface area (Å²) in [6.07, 6.45) is 7.14. The summed E-state index contributed by atoms with van der Waals surface area (Å²) in [5.74, 6) is 0.772. The van der Waals surface area contributed by atoms with Crippen LogP contribution in [0.25, 0.3) is 12.2 Å². The molecule has 4 heterocycles. The average Bonchev–Trinajstić information content (AvgIpc) is 3.42. The van der Waals surface area contributed by atoms with Gasteiger partial charge in [0.2, 0.25) is 15.9 Å². The third kappa shape index (κ3) is 4.66. The van der Waals surface area contributed by atoms with E-state index in [-0.39, 0.29) is 41.3 Å². The van der Waals surface area contributed by atoms with Crippen LogP contribution in [0.15, 0.2) is 50.6 Å². The van der Waals surface area contributed by atoms with Gasteiger partial charge in [0.1, 0.15) is 17.3 Å². The van der Waals surface area contributed by atoms with Crippen molar-refractivity contribution >= 4 is 33.9 Å². The first-order valence-corrected chi connectivity index (χ1v) is 11.7. The Kier molecular flexibility index (Phi) is 6.24. The molecular weight excluding hydrogens is 432 g/mol. The molecule has 9 nitrogen and oxygen atoms in total. The normalized spacial score (nSPS) is 15.9. The molecule has 0 bridgehead atoms. The molecule has 1 aliphatic rings. The predicted octanol–water partition coefficient (Wildman–Crippen LogP) is 3.49. The summed E-state index contributed by atoms with van der Waals surface area (Å²) in [5, 5.41) is 6.66. The molecule has 0 aromatic carbocycles. The Morgan fingerprint density at radius 3 is 2.69 bits per heavy atom. The van der Waals surface area contributed by atoms with Crippen molar-refractivity contribution in [1.82, 2.24) is 14.4 Å². The van der Waals surface area contributed by atoms with Crippen molar-refractivity contribution < 1.29 is 22.2 Å². The van der Waals surface area contributed by atoms with Gasteiger partial charge in [-0.15, -0.1) is 0 Å². The van der Waals surface area contributed by atoms with E-state index < -0.39 is 10.0 Å². The summed E-state index contributed by atoms with van der Waals surface area (Å²) in [4.78, 5) is 16.8. The smallest absolute Gasteiger partial charge is 0.248 e. The molecule has 0 unspecified atom stereocenters. The molecule has 1 saturated heterocycles. The first kappa shape index (κ1) is 22.0. The Bertz CT molecular complexity index is 1220. The number of hydrogen-bond donors (Lipinski definition) is 1. The third-order valence-electron chi connectivity index (χ3n) is 5.36. The summed E-state index contributed by atoms with van der Waals surface area (Å²) < 4.78 is 38.5. The number of carbonyl (C=O) groups is 1. The van der Waals surface area contributed by atoms with Crippen LogP contribution in [-0.2, 0) is 14.8 Å². The van der Waals surface area contributed by atoms with E-state index in [2.05, 4.69) is 15.5 Å². The van der Waals surface area contributed by atoms with E-state index in [0.717, 1.165) is 5.56 Å². The van der Waals surface area contributed by atoms with Crippen LogP contribution in [0.5, 0.6) is 0 Å². The van der Waals surface area contributed by atoms with Gasteiger partial charge in [-0.25, -0.2) is 13.4 Å². The molecule has 0 radical (unpaired) electrons. The van der Waals surface area contributed by atoms with Crippen molar-refractivity contribution in [3.63, 3.8) is 0 Å². The van der Waals surface area contributed by atoms with Crippen LogP contribution in [0.4, 0.5) is 5.82 Å². The highest BCUT2D eigenvalue weighted by Crippen LogP contribution is 2.29. The number of carbonyl (C=O) groups excluding carboxylic acids is 1. The molecule has 3 aromatic rings. The highest BCUT2D eigenvalue weighted by atomic mass is 32.2. The average molecular weight is 457 g/mol. The van der Waals surface area contributed by atoms with E-state index in [1.165, 1.54) is 16.6 Å². The fraction of sp³-hybridized carbons (Fsp3) is 0.318. The molecule has 168 valence electrons. The quantitative estimate of drug-likeness (QED) is 0.603. The Hall–Kier alpha value is -3.24. The molecule has 0 aliphatic carbocycles. The first-order valence-electron chi connectivity index (χ1n) is 10.3. The van der Waals surface area contributed by atoms with Gasteiger partial charge in [0.25, 0.3) is 0 Å². The monoisotopic (exact) mass is 456 g/mol. The molecule has 0 spiro atoms. The van der Waals surface area contributed by atoms with Crippen molar-refractivity contribution in [3.05, 3.63) is 59.5 Å². The van der Waals surface area contributed by atoms with Gasteiger partial charge in [0.05, 0.1) is 6.26 Å². The van der Waals surface area contributed by atoms with Crippen LogP contribution in [-0.4, -0.2) is 41.9 Å². The van der Waals surface area contributed by atoms with E-state index in [0.29, 0.717) is 24.4 Å². The number of rotatable bonds is 6. The van der Waals surface area contributed by atoms with Gasteiger partial charge in [-0.05, 0) is 68.7 Å². The van der Waals surface area contributed by atoms with Crippen LogP contribution in [0.3, 0.4) is 0 Å². The number of nitrogens with one attached hydrogen (secondary N) is 1. The zero-order valence-corrected chi connectivity index (χ0v) is 18.6. The van der Waals surface area contributed by atoms with Crippen molar-refractivity contribution in [1.29, 1.82) is 0 Å². The van der Waals surface area contributed by atoms with E-state index in [1.807, 2.05) is 13.0 Å². The Balaban J connectivity index is 1.44. The SMILES string of the molecule is Cc1ccnc(NC(=O)C2CCN(S(=O)(=O)c3c(C)noc3/C=C/c3ccco3)CC2)c1. The maximum atomic E-state index is 13.3. The second kappa shape index (κ2) is 9.09. The Morgan fingerprint density at radius 1 is 1.22 bits per heavy atom. The van der Waals surface area contributed by atoms with E-state index in [1.54, 1.807) is 37.4 Å². The number of hydrogen-bond acceptors (Lipinski definition) is 7. The molecule has 3 aromatic heterocycles. The fourth-order valence-corrected chi connectivity index (χ4v) is 5.38. The highest BCUT2D eigenvalue weighted by molar-refractivity contribution is 7.89. The lowest BCUT2D eigenvalue weighted by Crippen LogP contribution is -2.41. The molecule has 1 amide bonds. The zero-order chi connectivity index (χ0) is 22.7. The van der Waals surface area contributed by atoms with Crippen LogP contribution >= 0.6 is 0 Å². The summed E-state index contributed by atoms with van der Waals surface area (Å²) in [6, 6.07) is 7.13. The molecule has 1 N–H and O–H groups in total. The van der Waals surface area contributed by atoms with E-state index >= 15 is 0 Å². The minimum Gasteiger partial charge on any atom is -0.465 e. The van der Waals surface area contributed by atoms with Crippen molar-refractivity contribution in [3.8, 4) is 0 Å². The lowest BCUT2D eigenvalue weighted by molar-refractivity contribution is -0.120. The van der Waals surface area contributed by atoms with Gasteiger partial charge in [0, 0.05) is 25.2 Å². The summed E-state index contributed by atoms with van der Waals surface area (Å²) >= 11 is 0. The molecule has 0 saturated carbocycles. The largest absolute Gasteiger partial charge is 0.465 e. The number of sulfonamides is 1. The molecule has 1 aliphatic heterocycles. The lowest BCUT2D eigenvalue weighted by Gasteiger charge is -2.30. The molecular formula is C22H24N4O5S. The second-order valence-electron chi connectivity index (χ2n) is 7.70. The van der Waals surface area contributed by atoms with Gasteiger partial charge >= 0.3 is 0 Å². The maximum absolute atomic E-state index is 13.3. The highest BCUT2D eigenvalue weighted by Gasteiger charge is 2.36. The summed E-state index contributed by atoms with van der Waals surface area (Å²) in [5.41, 5.74) is 1.28. The van der Waals surface area contributed by atoms with Crippen LogP contribution < -0.4 is 5.32 Å². The fourth-order valence-electron chi connectivity index (χ4n) is 3.66. The van der Waals surface area contributed by atoms with E-state index in [4.69, 9.17) is 8.94 Å². The van der Waals surface area contributed by atoms with Gasteiger partial charge in [-0.2, -0.15) is 4.31 Å². The van der Waals surface area contributed by atoms with Gasteiger partial charge < -0.3 is 14.3 Å². The van der Waals surface area contributed by atoms with Crippen LogP contribution in [0.1, 0.15) is 35.6 Å². The van der Waals surface area contributed by atoms with Crippen LogP contribution in [0, 0.1) is 19.8 Å². The molecule has 0 atom stereocenters. The van der Waals surface area contributed by atoms with Crippen molar-refractivity contribution in [2.75, 3.05) is 18.4 Å². The number of aromatic nitrogens is 2. The third-order valence-corrected chi connectivity index (χ3v) is 7.42. The number of anilines is 1. The lowest BCUT2D eigenvalue weighted by atomic mass is 9.97. The Morgan fingerprint density at radius 2 is 2.00 bits per heavy atom. The summed E-state index contributed by atoms with van der Waals surface area (Å²) in [7, 11) is -3.83. The summed E-state index contributed by atoms with van der Waals surface area (Å²) in [6.45, 7) is 3.97. The second-order valence-corrected chi connectivity index (χ2v) is 9.57. The zero-order valence-electron chi connectivity index (χ0n) is 17.8. The van der Waals surface area contributed by atoms with Gasteiger partial charge in [-0.1, -0.05) is 5.16 Å². The number of amides is 1. The number of piperidine rings is 1. The molecule has 10 heteroatoms. The van der Waals surface area contributed by atoms with E-state index in [9.17, 15) is 13.2 Å². The number of nitrogens with zero attached hydrogens (tertiary/aromatic N) is 3. The molecule has 4 rings (SSSR count). The topological polar surface area (TPSA) is 119 Å². The minimum atomic E-state index is -3.83. The van der Waals surface area contributed by atoms with Gasteiger partial charge in [-0.3, -0.25) is 4.79 Å². The molecule has 32 heavy (non-hydrogen) atoms. The number of furan rings is 1. The van der Waals surface area contributed by atoms with Gasteiger partial charge in [0.15, 0.2) is 10.7 Å². The van der Waals surface area contributed by atoms with Crippen LogP contribution in [0.2, 0.25) is 0 Å².